The summed E-state index contributed by atoms with van der Waals surface area (Å²) in [5.74, 6) is -0.0830. The summed E-state index contributed by atoms with van der Waals surface area (Å²) in [5, 5.41) is 16.8. The van der Waals surface area contributed by atoms with E-state index in [1.807, 2.05) is 18.2 Å². The van der Waals surface area contributed by atoms with E-state index in [1.165, 1.54) is 6.07 Å². The summed E-state index contributed by atoms with van der Waals surface area (Å²) in [6.07, 6.45) is 0. The molecule has 2 heterocycles. The zero-order valence-corrected chi connectivity index (χ0v) is 11.2. The van der Waals surface area contributed by atoms with E-state index in [9.17, 15) is 4.79 Å². The third kappa shape index (κ3) is 2.66. The summed E-state index contributed by atoms with van der Waals surface area (Å²) in [4.78, 5) is 19.3. The minimum absolute atomic E-state index is 0.0158. The van der Waals surface area contributed by atoms with E-state index in [4.69, 9.17) is 9.63 Å². The molecule has 0 aliphatic heterocycles. The summed E-state index contributed by atoms with van der Waals surface area (Å²) in [7, 11) is 0. The number of rotatable bonds is 4. The fourth-order valence-electron chi connectivity index (χ4n) is 2.01. The van der Waals surface area contributed by atoms with Crippen molar-refractivity contribution in [3.63, 3.8) is 0 Å². The Morgan fingerprint density at radius 3 is 2.86 bits per heavy atom. The molecule has 0 saturated carbocycles. The largest absolute Gasteiger partial charge is 0.477 e. The number of carbonyl (C=O) groups is 1. The molecule has 0 radical (unpaired) electrons. The Morgan fingerprint density at radius 1 is 1.33 bits per heavy atom. The number of anilines is 1. The Kier molecular flexibility index (Phi) is 3.23. The van der Waals surface area contributed by atoms with Gasteiger partial charge < -0.3 is 14.9 Å². The number of carboxylic acids is 1. The van der Waals surface area contributed by atoms with Gasteiger partial charge in [0.1, 0.15) is 0 Å². The number of pyridine rings is 1. The molecule has 0 amide bonds. The van der Waals surface area contributed by atoms with Crippen molar-refractivity contribution in [2.45, 2.75) is 13.5 Å². The number of fused-ring (bicyclic) bond motifs is 1. The molecule has 0 spiro atoms. The molecule has 0 fully saturated rings. The topological polar surface area (TPSA) is 101 Å². The molecular formula is C14H12N4O3. The Labute approximate surface area is 119 Å². The first-order chi connectivity index (χ1) is 10.1. The first-order valence-corrected chi connectivity index (χ1v) is 6.29. The minimum Gasteiger partial charge on any atom is -0.477 e. The van der Waals surface area contributed by atoms with Gasteiger partial charge in [0, 0.05) is 11.1 Å². The SMILES string of the molecule is Cc1noc(CNc2cc(C(=O)O)nc3ccccc23)n1. The first-order valence-electron chi connectivity index (χ1n) is 6.29. The quantitative estimate of drug-likeness (QED) is 0.757. The van der Waals surface area contributed by atoms with Gasteiger partial charge in [0.25, 0.3) is 0 Å². The van der Waals surface area contributed by atoms with Crippen LogP contribution in [0.4, 0.5) is 5.69 Å². The van der Waals surface area contributed by atoms with Gasteiger partial charge in [0.05, 0.1) is 12.1 Å². The molecule has 106 valence electrons. The second kappa shape index (κ2) is 5.20. The van der Waals surface area contributed by atoms with Gasteiger partial charge in [0.2, 0.25) is 5.89 Å². The number of carboxylic acid groups (broad SMARTS) is 1. The second-order valence-corrected chi connectivity index (χ2v) is 4.47. The van der Waals surface area contributed by atoms with Gasteiger partial charge in [0.15, 0.2) is 11.5 Å². The molecule has 0 bridgehead atoms. The van der Waals surface area contributed by atoms with Gasteiger partial charge in [-0.2, -0.15) is 4.98 Å². The molecule has 7 nitrogen and oxygen atoms in total. The van der Waals surface area contributed by atoms with Crippen molar-refractivity contribution < 1.29 is 14.4 Å². The van der Waals surface area contributed by atoms with Crippen LogP contribution in [0, 0.1) is 6.92 Å². The minimum atomic E-state index is -1.07. The van der Waals surface area contributed by atoms with Crippen LogP contribution in [0.25, 0.3) is 10.9 Å². The molecule has 0 atom stereocenters. The van der Waals surface area contributed by atoms with Crippen molar-refractivity contribution in [3.05, 3.63) is 47.7 Å². The van der Waals surface area contributed by atoms with Crippen LogP contribution < -0.4 is 5.32 Å². The molecule has 3 aromatic rings. The predicted octanol–water partition coefficient (Wildman–Crippen LogP) is 2.24. The number of aromatic carboxylic acids is 1. The molecule has 0 aliphatic rings. The highest BCUT2D eigenvalue weighted by atomic mass is 16.5. The van der Waals surface area contributed by atoms with Crippen LogP contribution in [-0.2, 0) is 6.54 Å². The van der Waals surface area contributed by atoms with E-state index in [0.29, 0.717) is 29.5 Å². The molecule has 21 heavy (non-hydrogen) atoms. The number of nitrogens with zero attached hydrogens (tertiary/aromatic N) is 3. The molecule has 0 aliphatic carbocycles. The predicted molar refractivity (Wildman–Crippen MR) is 75.1 cm³/mol. The fourth-order valence-corrected chi connectivity index (χ4v) is 2.01. The van der Waals surface area contributed by atoms with E-state index in [2.05, 4.69) is 20.4 Å². The standard InChI is InChI=1S/C14H12N4O3/c1-8-16-13(21-18-8)7-15-11-6-12(14(19)20)17-10-5-3-2-4-9(10)11/h2-6H,7H2,1H3,(H,15,17)(H,19,20). The Bertz CT molecular complexity index is 813. The van der Waals surface area contributed by atoms with Gasteiger partial charge in [-0.1, -0.05) is 23.4 Å². The van der Waals surface area contributed by atoms with Gasteiger partial charge in [-0.25, -0.2) is 9.78 Å². The highest BCUT2D eigenvalue weighted by Crippen LogP contribution is 2.23. The molecule has 3 rings (SSSR count). The normalized spacial score (nSPS) is 10.7. The van der Waals surface area contributed by atoms with Crippen LogP contribution in [0.2, 0.25) is 0 Å². The maximum absolute atomic E-state index is 11.1. The van der Waals surface area contributed by atoms with Gasteiger partial charge in [-0.05, 0) is 19.1 Å². The highest BCUT2D eigenvalue weighted by molar-refractivity contribution is 5.97. The first kappa shape index (κ1) is 13.0. The Hall–Kier alpha value is -2.96. The average molecular weight is 284 g/mol. The van der Waals surface area contributed by atoms with Crippen LogP contribution in [0.3, 0.4) is 0 Å². The van der Waals surface area contributed by atoms with Crippen LogP contribution in [0.1, 0.15) is 22.2 Å². The average Bonchev–Trinajstić information content (AvgIpc) is 2.90. The van der Waals surface area contributed by atoms with Crippen LogP contribution in [-0.4, -0.2) is 26.2 Å². The van der Waals surface area contributed by atoms with Crippen molar-refractivity contribution >= 4 is 22.6 Å². The Morgan fingerprint density at radius 2 is 2.14 bits per heavy atom. The lowest BCUT2D eigenvalue weighted by atomic mass is 10.1. The summed E-state index contributed by atoms with van der Waals surface area (Å²) >= 11 is 0. The van der Waals surface area contributed by atoms with Gasteiger partial charge in [-0.3, -0.25) is 0 Å². The van der Waals surface area contributed by atoms with Crippen molar-refractivity contribution in [2.75, 3.05) is 5.32 Å². The number of hydrogen-bond donors (Lipinski definition) is 2. The molecule has 7 heteroatoms. The van der Waals surface area contributed by atoms with E-state index >= 15 is 0 Å². The molecular weight excluding hydrogens is 272 g/mol. The van der Waals surface area contributed by atoms with Crippen LogP contribution in [0.5, 0.6) is 0 Å². The zero-order valence-electron chi connectivity index (χ0n) is 11.2. The number of para-hydroxylation sites is 1. The fraction of sp³-hybridized carbons (Fsp3) is 0.143. The zero-order chi connectivity index (χ0) is 14.8. The summed E-state index contributed by atoms with van der Waals surface area (Å²) in [6, 6.07) is 8.81. The maximum Gasteiger partial charge on any atom is 0.354 e. The number of nitrogens with one attached hydrogen (secondary N) is 1. The number of aryl methyl sites for hydroxylation is 1. The Balaban J connectivity index is 1.97. The highest BCUT2D eigenvalue weighted by Gasteiger charge is 2.11. The molecule has 1 aromatic carbocycles. The molecule has 0 unspecified atom stereocenters. The number of benzene rings is 1. The van der Waals surface area contributed by atoms with E-state index in [0.717, 1.165) is 5.39 Å². The third-order valence-corrected chi connectivity index (χ3v) is 2.93. The van der Waals surface area contributed by atoms with Crippen molar-refractivity contribution in [3.8, 4) is 0 Å². The van der Waals surface area contributed by atoms with Gasteiger partial charge in [-0.15, -0.1) is 0 Å². The lowest BCUT2D eigenvalue weighted by Crippen LogP contribution is -2.05. The third-order valence-electron chi connectivity index (χ3n) is 2.93. The molecule has 2 aromatic heterocycles. The lowest BCUT2D eigenvalue weighted by molar-refractivity contribution is 0.0691. The van der Waals surface area contributed by atoms with Crippen molar-refractivity contribution in [2.24, 2.45) is 0 Å². The number of hydrogen-bond acceptors (Lipinski definition) is 6. The summed E-state index contributed by atoms with van der Waals surface area (Å²) < 4.78 is 5.02. The second-order valence-electron chi connectivity index (χ2n) is 4.47. The molecule has 0 saturated heterocycles. The van der Waals surface area contributed by atoms with Crippen LogP contribution in [0.15, 0.2) is 34.9 Å². The van der Waals surface area contributed by atoms with E-state index in [-0.39, 0.29) is 5.69 Å². The van der Waals surface area contributed by atoms with E-state index in [1.54, 1.807) is 13.0 Å². The molecule has 2 N–H and O–H groups in total. The van der Waals surface area contributed by atoms with Gasteiger partial charge >= 0.3 is 5.97 Å². The lowest BCUT2D eigenvalue weighted by Gasteiger charge is -2.09. The summed E-state index contributed by atoms with van der Waals surface area (Å²) in [5.41, 5.74) is 1.26. The maximum atomic E-state index is 11.1. The summed E-state index contributed by atoms with van der Waals surface area (Å²) in [6.45, 7) is 2.05. The van der Waals surface area contributed by atoms with E-state index < -0.39 is 5.97 Å². The smallest absolute Gasteiger partial charge is 0.354 e. The number of aromatic nitrogens is 3. The van der Waals surface area contributed by atoms with Crippen molar-refractivity contribution in [1.82, 2.24) is 15.1 Å². The van der Waals surface area contributed by atoms with Crippen molar-refractivity contribution in [1.29, 1.82) is 0 Å². The monoisotopic (exact) mass is 284 g/mol. The van der Waals surface area contributed by atoms with Crippen LogP contribution >= 0.6 is 0 Å².